The fourth-order valence-corrected chi connectivity index (χ4v) is 2.59. The number of nitriles is 1. The van der Waals surface area contributed by atoms with Crippen LogP contribution in [0.1, 0.15) is 12.0 Å². The molecule has 2 aliphatic rings. The Hall–Kier alpha value is -3.27. The van der Waals surface area contributed by atoms with Crippen molar-refractivity contribution in [2.24, 2.45) is 0 Å². The van der Waals surface area contributed by atoms with Gasteiger partial charge >= 0.3 is 0 Å². The molecule has 0 fully saturated rings. The molecule has 0 saturated heterocycles. The molecule has 0 aromatic heterocycles. The van der Waals surface area contributed by atoms with Gasteiger partial charge < -0.3 is 0 Å². The predicted octanol–water partition coefficient (Wildman–Crippen LogP) is 1.33. The first-order valence-corrected chi connectivity index (χ1v) is 6.47. The van der Waals surface area contributed by atoms with Gasteiger partial charge in [0.05, 0.1) is 22.9 Å². The van der Waals surface area contributed by atoms with Crippen LogP contribution in [0.5, 0.6) is 0 Å². The summed E-state index contributed by atoms with van der Waals surface area (Å²) in [6.45, 7) is 0. The lowest BCUT2D eigenvalue weighted by molar-refractivity contribution is -0.510. The lowest BCUT2D eigenvalue weighted by Crippen LogP contribution is -2.34. The number of carbonyl (C=O) groups excluding carboxylic acids is 2. The van der Waals surface area contributed by atoms with Crippen molar-refractivity contribution in [3.63, 3.8) is 0 Å². The molecule has 1 aliphatic carbocycles. The van der Waals surface area contributed by atoms with E-state index >= 15 is 0 Å². The van der Waals surface area contributed by atoms with Crippen LogP contribution in [0.2, 0.25) is 0 Å². The lowest BCUT2D eigenvalue weighted by atomic mass is 9.95. The van der Waals surface area contributed by atoms with Crippen LogP contribution in [0.4, 0.5) is 5.69 Å². The summed E-state index contributed by atoms with van der Waals surface area (Å²) in [6, 6.07) is 6.65. The van der Waals surface area contributed by atoms with E-state index in [-0.39, 0.29) is 17.6 Å². The van der Waals surface area contributed by atoms with Gasteiger partial charge in [0.25, 0.3) is 11.8 Å². The van der Waals surface area contributed by atoms with Crippen molar-refractivity contribution in [1.29, 1.82) is 5.26 Å². The van der Waals surface area contributed by atoms with Crippen molar-refractivity contribution in [3.8, 4) is 6.07 Å². The molecular formula is C15H9N3O4. The molecule has 1 aliphatic heterocycles. The second kappa shape index (κ2) is 4.93. The maximum absolute atomic E-state index is 12.5. The van der Waals surface area contributed by atoms with Crippen molar-refractivity contribution >= 4 is 17.5 Å². The van der Waals surface area contributed by atoms with Gasteiger partial charge in [0.2, 0.25) is 6.04 Å². The fraction of sp³-hybridized carbons (Fsp3) is 0.133. The molecule has 2 amide bonds. The van der Waals surface area contributed by atoms with Gasteiger partial charge in [-0.15, -0.1) is 0 Å². The van der Waals surface area contributed by atoms with E-state index in [1.807, 2.05) is 6.07 Å². The average molecular weight is 295 g/mol. The molecule has 1 aromatic rings. The number of amides is 2. The highest BCUT2D eigenvalue weighted by atomic mass is 16.6. The van der Waals surface area contributed by atoms with E-state index < -0.39 is 22.8 Å². The maximum atomic E-state index is 12.5. The number of anilines is 1. The SMILES string of the molecule is N#Cc1ccc(N2C(=O)C3=C(C2=O)C([N+](=O)[O-])CC=C3)cc1. The number of nitrogens with zero attached hydrogens (tertiary/aromatic N) is 3. The van der Waals surface area contributed by atoms with Gasteiger partial charge in [-0.3, -0.25) is 19.7 Å². The number of benzene rings is 1. The summed E-state index contributed by atoms with van der Waals surface area (Å²) in [4.78, 5) is 36.3. The lowest BCUT2D eigenvalue weighted by Gasteiger charge is -2.15. The predicted molar refractivity (Wildman–Crippen MR) is 75.2 cm³/mol. The molecule has 7 heteroatoms. The van der Waals surface area contributed by atoms with Gasteiger partial charge in [-0.1, -0.05) is 12.2 Å². The van der Waals surface area contributed by atoms with E-state index in [4.69, 9.17) is 5.26 Å². The summed E-state index contributed by atoms with van der Waals surface area (Å²) in [5.41, 5.74) is 0.687. The average Bonchev–Trinajstić information content (AvgIpc) is 2.79. The van der Waals surface area contributed by atoms with E-state index in [1.54, 1.807) is 0 Å². The van der Waals surface area contributed by atoms with E-state index in [0.29, 0.717) is 11.3 Å². The molecule has 1 heterocycles. The normalized spacial score (nSPS) is 20.1. The zero-order chi connectivity index (χ0) is 15.9. The van der Waals surface area contributed by atoms with Gasteiger partial charge in [0.1, 0.15) is 5.57 Å². The van der Waals surface area contributed by atoms with Crippen LogP contribution in [-0.2, 0) is 9.59 Å². The zero-order valence-electron chi connectivity index (χ0n) is 11.2. The Labute approximate surface area is 124 Å². The number of rotatable bonds is 2. The highest BCUT2D eigenvalue weighted by molar-refractivity contribution is 6.34. The Morgan fingerprint density at radius 2 is 1.91 bits per heavy atom. The molecule has 22 heavy (non-hydrogen) atoms. The highest BCUT2D eigenvalue weighted by Crippen LogP contribution is 2.33. The summed E-state index contributed by atoms with van der Waals surface area (Å²) in [7, 11) is 0. The number of hydrogen-bond acceptors (Lipinski definition) is 5. The molecule has 1 atom stereocenters. The fourth-order valence-electron chi connectivity index (χ4n) is 2.59. The minimum absolute atomic E-state index is 0.0677. The van der Waals surface area contributed by atoms with Crippen LogP contribution in [0, 0.1) is 21.4 Å². The quantitative estimate of drug-likeness (QED) is 0.465. The smallest absolute Gasteiger partial charge is 0.268 e. The summed E-state index contributed by atoms with van der Waals surface area (Å²) >= 11 is 0. The maximum Gasteiger partial charge on any atom is 0.269 e. The summed E-state index contributed by atoms with van der Waals surface area (Å²) in [5.74, 6) is -1.25. The van der Waals surface area contributed by atoms with Gasteiger partial charge in [-0.2, -0.15) is 5.26 Å². The van der Waals surface area contributed by atoms with Crippen LogP contribution in [0.15, 0.2) is 47.6 Å². The van der Waals surface area contributed by atoms with Crippen molar-refractivity contribution < 1.29 is 14.5 Å². The molecular weight excluding hydrogens is 286 g/mol. The van der Waals surface area contributed by atoms with E-state index in [0.717, 1.165) is 4.90 Å². The Morgan fingerprint density at radius 3 is 2.50 bits per heavy atom. The Morgan fingerprint density at radius 1 is 1.23 bits per heavy atom. The van der Waals surface area contributed by atoms with Gasteiger partial charge in [-0.05, 0) is 24.3 Å². The van der Waals surface area contributed by atoms with Crippen molar-refractivity contribution in [2.75, 3.05) is 4.90 Å². The second-order valence-corrected chi connectivity index (χ2v) is 4.87. The van der Waals surface area contributed by atoms with Crippen molar-refractivity contribution in [1.82, 2.24) is 0 Å². The third-order valence-corrected chi connectivity index (χ3v) is 3.64. The molecule has 0 N–H and O–H groups in total. The summed E-state index contributed by atoms with van der Waals surface area (Å²) in [5, 5.41) is 19.9. The number of hydrogen-bond donors (Lipinski definition) is 0. The molecule has 0 bridgehead atoms. The molecule has 108 valence electrons. The molecule has 0 radical (unpaired) electrons. The molecule has 0 spiro atoms. The summed E-state index contributed by atoms with van der Waals surface area (Å²) in [6.07, 6.45) is 3.07. The standard InChI is InChI=1S/C15H9N3O4/c16-8-9-4-6-10(7-5-9)17-14(19)11-2-1-3-12(18(21)22)13(11)15(17)20/h1-2,4-7,12H,3H2. The molecule has 0 saturated carbocycles. The molecule has 7 nitrogen and oxygen atoms in total. The molecule has 3 rings (SSSR count). The van der Waals surface area contributed by atoms with Gasteiger partial charge in [0.15, 0.2) is 0 Å². The van der Waals surface area contributed by atoms with E-state index in [9.17, 15) is 19.7 Å². The van der Waals surface area contributed by atoms with Crippen LogP contribution in [-0.4, -0.2) is 22.8 Å². The topological polar surface area (TPSA) is 104 Å². The molecule has 1 aromatic carbocycles. The second-order valence-electron chi connectivity index (χ2n) is 4.87. The van der Waals surface area contributed by atoms with Crippen LogP contribution in [0.3, 0.4) is 0 Å². The van der Waals surface area contributed by atoms with Crippen LogP contribution < -0.4 is 4.90 Å². The monoisotopic (exact) mass is 295 g/mol. The number of imide groups is 1. The van der Waals surface area contributed by atoms with Crippen molar-refractivity contribution in [3.05, 3.63) is 63.2 Å². The van der Waals surface area contributed by atoms with Crippen LogP contribution in [0.25, 0.3) is 0 Å². The third-order valence-electron chi connectivity index (χ3n) is 3.64. The largest absolute Gasteiger partial charge is 0.269 e. The Kier molecular flexibility index (Phi) is 3.07. The zero-order valence-corrected chi connectivity index (χ0v) is 11.2. The first-order valence-electron chi connectivity index (χ1n) is 6.47. The van der Waals surface area contributed by atoms with Gasteiger partial charge in [-0.25, -0.2) is 4.90 Å². The van der Waals surface area contributed by atoms with Crippen molar-refractivity contribution in [2.45, 2.75) is 12.5 Å². The van der Waals surface area contributed by atoms with Gasteiger partial charge in [0, 0.05) is 11.3 Å². The highest BCUT2D eigenvalue weighted by Gasteiger charge is 2.46. The Balaban J connectivity index is 2.03. The Bertz CT molecular complexity index is 799. The minimum atomic E-state index is -1.19. The minimum Gasteiger partial charge on any atom is -0.268 e. The van der Waals surface area contributed by atoms with E-state index in [1.165, 1.54) is 36.4 Å². The number of nitro groups is 1. The van der Waals surface area contributed by atoms with E-state index in [2.05, 4.69) is 0 Å². The third kappa shape index (κ3) is 1.90. The molecule has 1 unspecified atom stereocenters. The van der Waals surface area contributed by atoms with Crippen LogP contribution >= 0.6 is 0 Å². The first kappa shape index (κ1) is 13.7. The first-order chi connectivity index (χ1) is 10.5. The summed E-state index contributed by atoms with van der Waals surface area (Å²) < 4.78 is 0. The number of carbonyl (C=O) groups is 2.